The Kier molecular flexibility index (Phi) is 5.71. The number of nitrogens with one attached hydrogen (secondary N) is 1. The second kappa shape index (κ2) is 8.04. The molecular weight excluding hydrogens is 373 g/mol. The lowest BCUT2D eigenvalue weighted by molar-refractivity contribution is -0.144. The standard InChI is InChI=1S/C19H21F3N4O2/c1-12(24-13(2)27)14-3-5-15(6-4-14)28-16-8-10-26(11-16)17-7-9-23-18(25-17)19(20,21)22/h3-7,9,12,16H,8,10-11H2,1-2H3,(H,24,27)/t12-,16+/m0/s1. The van der Waals surface area contributed by atoms with Gasteiger partial charge in [-0.15, -0.1) is 0 Å². The normalized spacial score (nSPS) is 18.0. The number of amides is 1. The van der Waals surface area contributed by atoms with E-state index in [1.54, 1.807) is 4.90 Å². The monoisotopic (exact) mass is 394 g/mol. The number of ether oxygens (including phenoxy) is 1. The Hall–Kier alpha value is -2.84. The van der Waals surface area contributed by atoms with Crippen molar-refractivity contribution in [3.63, 3.8) is 0 Å². The van der Waals surface area contributed by atoms with Crippen molar-refractivity contribution in [2.24, 2.45) is 0 Å². The molecule has 150 valence electrons. The van der Waals surface area contributed by atoms with Gasteiger partial charge in [0.05, 0.1) is 12.6 Å². The average molecular weight is 394 g/mol. The van der Waals surface area contributed by atoms with E-state index in [-0.39, 0.29) is 23.9 Å². The number of benzene rings is 1. The van der Waals surface area contributed by atoms with Crippen molar-refractivity contribution in [3.8, 4) is 5.75 Å². The molecule has 0 radical (unpaired) electrons. The molecule has 28 heavy (non-hydrogen) atoms. The fourth-order valence-electron chi connectivity index (χ4n) is 3.11. The first-order valence-corrected chi connectivity index (χ1v) is 8.91. The van der Waals surface area contributed by atoms with Crippen molar-refractivity contribution in [1.82, 2.24) is 15.3 Å². The zero-order valence-electron chi connectivity index (χ0n) is 15.5. The smallest absolute Gasteiger partial charge is 0.451 e. The maximum Gasteiger partial charge on any atom is 0.451 e. The van der Waals surface area contributed by atoms with Crippen molar-refractivity contribution in [2.45, 2.75) is 38.6 Å². The van der Waals surface area contributed by atoms with Gasteiger partial charge in [-0.3, -0.25) is 4.79 Å². The predicted molar refractivity (Wildman–Crippen MR) is 97.0 cm³/mol. The molecule has 1 N–H and O–H groups in total. The van der Waals surface area contributed by atoms with Gasteiger partial charge < -0.3 is 15.0 Å². The molecule has 1 aliphatic heterocycles. The van der Waals surface area contributed by atoms with Gasteiger partial charge in [-0.2, -0.15) is 13.2 Å². The highest BCUT2D eigenvalue weighted by molar-refractivity contribution is 5.73. The zero-order chi connectivity index (χ0) is 20.3. The number of alkyl halides is 3. The minimum atomic E-state index is -4.57. The van der Waals surface area contributed by atoms with Crippen LogP contribution in [0.3, 0.4) is 0 Å². The predicted octanol–water partition coefficient (Wildman–Crippen LogP) is 3.35. The topological polar surface area (TPSA) is 67.3 Å². The van der Waals surface area contributed by atoms with E-state index in [2.05, 4.69) is 15.3 Å². The summed E-state index contributed by atoms with van der Waals surface area (Å²) in [5, 5.41) is 2.81. The van der Waals surface area contributed by atoms with Gasteiger partial charge in [-0.05, 0) is 30.7 Å². The molecule has 6 nitrogen and oxygen atoms in total. The summed E-state index contributed by atoms with van der Waals surface area (Å²) in [5.74, 6) is -0.326. The Balaban J connectivity index is 1.60. The number of anilines is 1. The second-order valence-corrected chi connectivity index (χ2v) is 6.70. The lowest BCUT2D eigenvalue weighted by atomic mass is 10.1. The van der Waals surface area contributed by atoms with Crippen LogP contribution in [0.15, 0.2) is 36.5 Å². The number of hydrogen-bond donors (Lipinski definition) is 1. The van der Waals surface area contributed by atoms with Crippen molar-refractivity contribution >= 4 is 11.7 Å². The summed E-state index contributed by atoms with van der Waals surface area (Å²) in [5.41, 5.74) is 0.955. The molecule has 0 spiro atoms. The van der Waals surface area contributed by atoms with Gasteiger partial charge in [-0.25, -0.2) is 9.97 Å². The van der Waals surface area contributed by atoms with Gasteiger partial charge in [0, 0.05) is 26.1 Å². The Morgan fingerprint density at radius 3 is 2.64 bits per heavy atom. The van der Waals surface area contributed by atoms with Crippen molar-refractivity contribution in [1.29, 1.82) is 0 Å². The molecule has 2 aromatic rings. The SMILES string of the molecule is CC(=O)N[C@@H](C)c1ccc(O[C@@H]2CCN(c3ccnc(C(F)(F)F)n3)C2)cc1. The third kappa shape index (κ3) is 4.90. The molecule has 2 atom stereocenters. The van der Waals surface area contributed by atoms with Crippen molar-refractivity contribution < 1.29 is 22.7 Å². The van der Waals surface area contributed by atoms with Gasteiger partial charge >= 0.3 is 6.18 Å². The molecule has 1 saturated heterocycles. The van der Waals surface area contributed by atoms with Gasteiger partial charge in [0.15, 0.2) is 0 Å². The van der Waals surface area contributed by atoms with E-state index in [0.29, 0.717) is 25.3 Å². The highest BCUT2D eigenvalue weighted by atomic mass is 19.4. The molecule has 1 fully saturated rings. The maximum absolute atomic E-state index is 12.8. The molecule has 1 aromatic carbocycles. The second-order valence-electron chi connectivity index (χ2n) is 6.70. The lowest BCUT2D eigenvalue weighted by Crippen LogP contribution is -2.26. The number of hydrogen-bond acceptors (Lipinski definition) is 5. The van der Waals surface area contributed by atoms with Gasteiger partial charge in [0.2, 0.25) is 11.7 Å². The summed E-state index contributed by atoms with van der Waals surface area (Å²) in [6.07, 6.45) is -2.92. The molecular formula is C19H21F3N4O2. The lowest BCUT2D eigenvalue weighted by Gasteiger charge is -2.19. The Labute approximate surface area is 160 Å². The third-order valence-electron chi connectivity index (χ3n) is 4.47. The average Bonchev–Trinajstić information content (AvgIpc) is 3.10. The molecule has 9 heteroatoms. The molecule has 0 unspecified atom stereocenters. The van der Waals surface area contributed by atoms with Crippen LogP contribution in [0.2, 0.25) is 0 Å². The van der Waals surface area contributed by atoms with E-state index < -0.39 is 12.0 Å². The highest BCUT2D eigenvalue weighted by Gasteiger charge is 2.35. The number of nitrogens with zero attached hydrogens (tertiary/aromatic N) is 3. The first-order chi connectivity index (χ1) is 13.2. The van der Waals surface area contributed by atoms with Crippen LogP contribution < -0.4 is 15.0 Å². The minimum absolute atomic E-state index is 0.0997. The van der Waals surface area contributed by atoms with Crippen LogP contribution in [0.1, 0.15) is 37.7 Å². The molecule has 0 bridgehead atoms. The van der Waals surface area contributed by atoms with Gasteiger partial charge in [-0.1, -0.05) is 12.1 Å². The van der Waals surface area contributed by atoms with Crippen molar-refractivity contribution in [2.75, 3.05) is 18.0 Å². The largest absolute Gasteiger partial charge is 0.489 e. The van der Waals surface area contributed by atoms with Crippen LogP contribution in [0, 0.1) is 0 Å². The van der Waals surface area contributed by atoms with Crippen LogP contribution in [0.4, 0.5) is 19.0 Å². The van der Waals surface area contributed by atoms with Gasteiger partial charge in [0.25, 0.3) is 0 Å². The van der Waals surface area contributed by atoms with E-state index in [4.69, 9.17) is 4.74 Å². The van der Waals surface area contributed by atoms with E-state index in [9.17, 15) is 18.0 Å². The zero-order valence-corrected chi connectivity index (χ0v) is 15.5. The summed E-state index contributed by atoms with van der Waals surface area (Å²) < 4.78 is 44.3. The molecule has 0 aliphatic carbocycles. The van der Waals surface area contributed by atoms with Crippen LogP contribution in [0.25, 0.3) is 0 Å². The summed E-state index contributed by atoms with van der Waals surface area (Å²) in [6.45, 7) is 4.35. The van der Waals surface area contributed by atoms with E-state index in [1.165, 1.54) is 13.0 Å². The summed E-state index contributed by atoms with van der Waals surface area (Å²) in [4.78, 5) is 19.8. The number of aromatic nitrogens is 2. The molecule has 3 rings (SSSR count). The Bertz CT molecular complexity index is 827. The van der Waals surface area contributed by atoms with E-state index in [1.807, 2.05) is 31.2 Å². The van der Waals surface area contributed by atoms with Crippen LogP contribution >= 0.6 is 0 Å². The number of carbonyl (C=O) groups excluding carboxylic acids is 1. The fraction of sp³-hybridized carbons (Fsp3) is 0.421. The minimum Gasteiger partial charge on any atom is -0.489 e. The summed E-state index contributed by atoms with van der Waals surface area (Å²) in [6, 6.07) is 8.77. The first-order valence-electron chi connectivity index (χ1n) is 8.91. The molecule has 1 aromatic heterocycles. The summed E-state index contributed by atoms with van der Waals surface area (Å²) in [7, 11) is 0. The van der Waals surface area contributed by atoms with E-state index >= 15 is 0 Å². The summed E-state index contributed by atoms with van der Waals surface area (Å²) >= 11 is 0. The fourth-order valence-corrected chi connectivity index (χ4v) is 3.11. The number of halogens is 3. The number of rotatable bonds is 5. The Morgan fingerprint density at radius 1 is 1.29 bits per heavy atom. The van der Waals surface area contributed by atoms with Crippen LogP contribution in [-0.4, -0.2) is 35.1 Å². The quantitative estimate of drug-likeness (QED) is 0.843. The van der Waals surface area contributed by atoms with Crippen molar-refractivity contribution in [3.05, 3.63) is 47.9 Å². The van der Waals surface area contributed by atoms with Crippen LogP contribution in [0.5, 0.6) is 5.75 Å². The molecule has 1 aliphatic rings. The molecule has 0 saturated carbocycles. The van der Waals surface area contributed by atoms with Gasteiger partial charge in [0.1, 0.15) is 17.7 Å². The molecule has 1 amide bonds. The van der Waals surface area contributed by atoms with Crippen LogP contribution in [-0.2, 0) is 11.0 Å². The first kappa shape index (κ1) is 19.9. The third-order valence-corrected chi connectivity index (χ3v) is 4.47. The Morgan fingerprint density at radius 2 is 2.00 bits per heavy atom. The molecule has 2 heterocycles. The van der Waals surface area contributed by atoms with E-state index in [0.717, 1.165) is 11.8 Å². The number of carbonyl (C=O) groups is 1. The maximum atomic E-state index is 12.8. The highest BCUT2D eigenvalue weighted by Crippen LogP contribution is 2.28.